The molecular formula is C15H25ClN4. The largest absolute Gasteiger partial charge is 0.308 e. The van der Waals surface area contributed by atoms with Crippen LogP contribution in [0, 0.1) is 5.92 Å². The Hall–Kier alpha value is -0.840. The van der Waals surface area contributed by atoms with Crippen molar-refractivity contribution in [2.24, 2.45) is 11.8 Å². The minimum absolute atomic E-state index is 0.644. The van der Waals surface area contributed by atoms with Gasteiger partial charge in [-0.2, -0.15) is 0 Å². The molecule has 1 heterocycles. The zero-order valence-corrected chi connectivity index (χ0v) is 13.2. The SMILES string of the molecule is CCC1CCC(N(C)Cc2nc(NN)ccc2Cl)CC1. The lowest BCUT2D eigenvalue weighted by Crippen LogP contribution is -2.35. The van der Waals surface area contributed by atoms with E-state index in [1.54, 1.807) is 6.07 Å². The number of anilines is 1. The third-order valence-corrected chi connectivity index (χ3v) is 4.83. The van der Waals surface area contributed by atoms with Gasteiger partial charge in [-0.05, 0) is 50.8 Å². The molecule has 0 spiro atoms. The van der Waals surface area contributed by atoms with Crippen LogP contribution in [-0.4, -0.2) is 23.0 Å². The molecule has 1 fully saturated rings. The molecule has 0 amide bonds. The number of hydrazine groups is 1. The van der Waals surface area contributed by atoms with Crippen LogP contribution >= 0.6 is 11.6 Å². The molecule has 1 aliphatic carbocycles. The molecule has 0 aliphatic heterocycles. The van der Waals surface area contributed by atoms with Gasteiger partial charge in [0.1, 0.15) is 5.82 Å². The van der Waals surface area contributed by atoms with Crippen LogP contribution in [0.25, 0.3) is 0 Å². The predicted molar refractivity (Wildman–Crippen MR) is 84.6 cm³/mol. The lowest BCUT2D eigenvalue weighted by atomic mass is 9.84. The number of aromatic nitrogens is 1. The quantitative estimate of drug-likeness (QED) is 0.646. The molecule has 0 radical (unpaired) electrons. The van der Waals surface area contributed by atoms with Gasteiger partial charge >= 0.3 is 0 Å². The number of nitrogens with two attached hydrogens (primary N) is 1. The number of nitrogens with zero attached hydrogens (tertiary/aromatic N) is 2. The normalized spacial score (nSPS) is 23.1. The Bertz CT molecular complexity index is 430. The van der Waals surface area contributed by atoms with Crippen LogP contribution in [0.1, 0.15) is 44.7 Å². The molecule has 1 aromatic heterocycles. The van der Waals surface area contributed by atoms with Crippen molar-refractivity contribution in [1.29, 1.82) is 0 Å². The number of nitrogen functional groups attached to an aromatic ring is 1. The number of rotatable bonds is 5. The van der Waals surface area contributed by atoms with E-state index in [-0.39, 0.29) is 0 Å². The fourth-order valence-electron chi connectivity index (χ4n) is 3.03. The number of hydrogen-bond acceptors (Lipinski definition) is 4. The summed E-state index contributed by atoms with van der Waals surface area (Å²) < 4.78 is 0. The van der Waals surface area contributed by atoms with Crippen LogP contribution in [0.15, 0.2) is 12.1 Å². The highest BCUT2D eigenvalue weighted by Crippen LogP contribution is 2.30. The van der Waals surface area contributed by atoms with E-state index in [1.165, 1.54) is 32.1 Å². The van der Waals surface area contributed by atoms with Gasteiger partial charge in [0, 0.05) is 12.6 Å². The summed E-state index contributed by atoms with van der Waals surface area (Å²) in [7, 11) is 2.16. The van der Waals surface area contributed by atoms with Crippen LogP contribution in [0.5, 0.6) is 0 Å². The number of halogens is 1. The Labute approximate surface area is 126 Å². The molecule has 2 rings (SSSR count). The maximum atomic E-state index is 6.22. The fourth-order valence-corrected chi connectivity index (χ4v) is 3.20. The predicted octanol–water partition coefficient (Wildman–Crippen LogP) is 3.42. The first-order valence-electron chi connectivity index (χ1n) is 7.46. The maximum absolute atomic E-state index is 6.22. The monoisotopic (exact) mass is 296 g/mol. The van der Waals surface area contributed by atoms with Gasteiger partial charge in [0.05, 0.1) is 10.7 Å². The Morgan fingerprint density at radius 3 is 2.65 bits per heavy atom. The van der Waals surface area contributed by atoms with Gasteiger partial charge in [-0.15, -0.1) is 0 Å². The van der Waals surface area contributed by atoms with Crippen molar-refractivity contribution < 1.29 is 0 Å². The molecular weight excluding hydrogens is 272 g/mol. The van der Waals surface area contributed by atoms with Gasteiger partial charge in [-0.1, -0.05) is 24.9 Å². The van der Waals surface area contributed by atoms with E-state index in [2.05, 4.69) is 29.3 Å². The first-order valence-corrected chi connectivity index (χ1v) is 7.84. The highest BCUT2D eigenvalue weighted by Gasteiger charge is 2.23. The van der Waals surface area contributed by atoms with Crippen LogP contribution in [0.3, 0.4) is 0 Å². The summed E-state index contributed by atoms with van der Waals surface area (Å²) in [4.78, 5) is 6.82. The van der Waals surface area contributed by atoms with Gasteiger partial charge in [0.25, 0.3) is 0 Å². The summed E-state index contributed by atoms with van der Waals surface area (Å²) in [6.07, 6.45) is 6.56. The fraction of sp³-hybridized carbons (Fsp3) is 0.667. The molecule has 0 atom stereocenters. The summed E-state index contributed by atoms with van der Waals surface area (Å²) >= 11 is 6.22. The van der Waals surface area contributed by atoms with Crippen molar-refractivity contribution in [3.05, 3.63) is 22.8 Å². The van der Waals surface area contributed by atoms with E-state index in [1.807, 2.05) is 6.07 Å². The molecule has 1 aliphatic rings. The Balaban J connectivity index is 1.96. The number of hydrogen-bond donors (Lipinski definition) is 2. The molecule has 112 valence electrons. The summed E-state index contributed by atoms with van der Waals surface area (Å²) in [5.74, 6) is 6.99. The van der Waals surface area contributed by atoms with E-state index >= 15 is 0 Å². The number of nitrogens with one attached hydrogen (secondary N) is 1. The Kier molecular flexibility index (Phi) is 5.64. The minimum Gasteiger partial charge on any atom is -0.308 e. The van der Waals surface area contributed by atoms with E-state index in [9.17, 15) is 0 Å². The molecule has 20 heavy (non-hydrogen) atoms. The first kappa shape index (κ1) is 15.5. The average Bonchev–Trinajstić information content (AvgIpc) is 2.49. The second kappa shape index (κ2) is 7.25. The molecule has 5 heteroatoms. The average molecular weight is 297 g/mol. The van der Waals surface area contributed by atoms with E-state index in [0.717, 1.165) is 18.2 Å². The molecule has 3 N–H and O–H groups in total. The summed E-state index contributed by atoms with van der Waals surface area (Å²) in [6.45, 7) is 3.07. The van der Waals surface area contributed by atoms with E-state index in [0.29, 0.717) is 16.9 Å². The summed E-state index contributed by atoms with van der Waals surface area (Å²) in [5.41, 5.74) is 3.46. The van der Waals surface area contributed by atoms with Crippen LogP contribution in [0.2, 0.25) is 5.02 Å². The molecule has 0 unspecified atom stereocenters. The second-order valence-corrected chi connectivity index (χ2v) is 6.17. The highest BCUT2D eigenvalue weighted by molar-refractivity contribution is 6.31. The molecule has 1 saturated carbocycles. The highest BCUT2D eigenvalue weighted by atomic mass is 35.5. The van der Waals surface area contributed by atoms with Gasteiger partial charge < -0.3 is 5.43 Å². The van der Waals surface area contributed by atoms with Crippen molar-refractivity contribution in [1.82, 2.24) is 9.88 Å². The zero-order valence-electron chi connectivity index (χ0n) is 12.4. The van der Waals surface area contributed by atoms with Crippen LogP contribution in [0.4, 0.5) is 5.82 Å². The topological polar surface area (TPSA) is 54.2 Å². The second-order valence-electron chi connectivity index (χ2n) is 5.77. The van der Waals surface area contributed by atoms with E-state index in [4.69, 9.17) is 17.4 Å². The third kappa shape index (κ3) is 3.84. The van der Waals surface area contributed by atoms with Gasteiger partial charge in [-0.25, -0.2) is 10.8 Å². The van der Waals surface area contributed by atoms with Crippen molar-refractivity contribution in [2.75, 3.05) is 12.5 Å². The summed E-state index contributed by atoms with van der Waals surface area (Å²) in [6, 6.07) is 4.28. The Morgan fingerprint density at radius 1 is 1.35 bits per heavy atom. The lowest BCUT2D eigenvalue weighted by molar-refractivity contribution is 0.156. The third-order valence-electron chi connectivity index (χ3n) is 4.48. The van der Waals surface area contributed by atoms with Crippen molar-refractivity contribution in [3.8, 4) is 0 Å². The van der Waals surface area contributed by atoms with Crippen molar-refractivity contribution in [3.63, 3.8) is 0 Å². The first-order chi connectivity index (χ1) is 9.63. The molecule has 0 saturated heterocycles. The van der Waals surface area contributed by atoms with Crippen molar-refractivity contribution >= 4 is 17.4 Å². The standard InChI is InChI=1S/C15H25ClN4/c1-3-11-4-6-12(7-5-11)20(2)10-14-13(16)8-9-15(18-14)19-17/h8-9,11-12H,3-7,10,17H2,1-2H3,(H,18,19). The van der Waals surface area contributed by atoms with Crippen LogP contribution < -0.4 is 11.3 Å². The maximum Gasteiger partial charge on any atom is 0.140 e. The molecule has 0 bridgehead atoms. The van der Waals surface area contributed by atoms with E-state index < -0.39 is 0 Å². The molecule has 1 aromatic rings. The molecule has 4 nitrogen and oxygen atoms in total. The summed E-state index contributed by atoms with van der Waals surface area (Å²) in [5, 5.41) is 0.707. The van der Waals surface area contributed by atoms with Gasteiger partial charge in [-0.3, -0.25) is 4.90 Å². The van der Waals surface area contributed by atoms with Crippen molar-refractivity contribution in [2.45, 2.75) is 51.6 Å². The molecule has 0 aromatic carbocycles. The van der Waals surface area contributed by atoms with Gasteiger partial charge in [0.15, 0.2) is 0 Å². The smallest absolute Gasteiger partial charge is 0.140 e. The van der Waals surface area contributed by atoms with Crippen LogP contribution in [-0.2, 0) is 6.54 Å². The number of pyridine rings is 1. The zero-order chi connectivity index (χ0) is 14.5. The van der Waals surface area contributed by atoms with Gasteiger partial charge in [0.2, 0.25) is 0 Å². The lowest BCUT2D eigenvalue weighted by Gasteiger charge is -2.34. The Morgan fingerprint density at radius 2 is 2.05 bits per heavy atom. The minimum atomic E-state index is 0.644.